The number of hydrogen-bond donors (Lipinski definition) is 2. The number of benzene rings is 2. The van der Waals surface area contributed by atoms with Crippen molar-refractivity contribution in [1.29, 1.82) is 0 Å². The molecule has 96 valence electrons. The summed E-state index contributed by atoms with van der Waals surface area (Å²) in [6, 6.07) is 11.2. The highest BCUT2D eigenvalue weighted by Gasteiger charge is 2.08. The van der Waals surface area contributed by atoms with Gasteiger partial charge < -0.3 is 15.5 Å². The van der Waals surface area contributed by atoms with Gasteiger partial charge in [0.1, 0.15) is 5.52 Å². The van der Waals surface area contributed by atoms with Crippen LogP contribution in [0.2, 0.25) is 5.02 Å². The average Bonchev–Trinajstić information content (AvgIpc) is 2.75. The molecule has 6 heteroatoms. The Hall–Kier alpha value is -1.72. The van der Waals surface area contributed by atoms with Crippen LogP contribution in [-0.4, -0.2) is 4.98 Å². The van der Waals surface area contributed by atoms with Gasteiger partial charge in [0.25, 0.3) is 6.01 Å². The van der Waals surface area contributed by atoms with Crippen molar-refractivity contribution in [3.63, 3.8) is 0 Å². The van der Waals surface area contributed by atoms with Crippen LogP contribution in [-0.2, 0) is 0 Å². The second-order valence-corrected chi connectivity index (χ2v) is 5.32. The molecule has 0 atom stereocenters. The first-order valence-corrected chi connectivity index (χ1v) is 6.67. The fourth-order valence-corrected chi connectivity index (χ4v) is 2.23. The van der Waals surface area contributed by atoms with E-state index in [0.717, 1.165) is 15.7 Å². The number of nitrogen functional groups attached to an aromatic ring is 1. The van der Waals surface area contributed by atoms with Gasteiger partial charge in [0.05, 0.1) is 10.7 Å². The molecule has 0 aliphatic carbocycles. The summed E-state index contributed by atoms with van der Waals surface area (Å²) >= 11 is 9.48. The van der Waals surface area contributed by atoms with E-state index in [0.29, 0.717) is 22.3 Å². The van der Waals surface area contributed by atoms with Gasteiger partial charge in [0.15, 0.2) is 5.58 Å². The molecular formula is C13H9BrClN3O. The van der Waals surface area contributed by atoms with E-state index >= 15 is 0 Å². The highest BCUT2D eigenvalue weighted by molar-refractivity contribution is 9.10. The molecule has 0 fully saturated rings. The molecule has 0 bridgehead atoms. The van der Waals surface area contributed by atoms with Gasteiger partial charge in [-0.1, -0.05) is 27.5 Å². The fraction of sp³-hybridized carbons (Fsp3) is 0. The quantitative estimate of drug-likeness (QED) is 0.672. The number of fused-ring (bicyclic) bond motifs is 1. The fourth-order valence-electron chi connectivity index (χ4n) is 1.70. The van der Waals surface area contributed by atoms with E-state index in [4.69, 9.17) is 21.8 Å². The smallest absolute Gasteiger partial charge is 0.300 e. The zero-order chi connectivity index (χ0) is 13.4. The van der Waals surface area contributed by atoms with E-state index in [1.165, 1.54) is 0 Å². The summed E-state index contributed by atoms with van der Waals surface area (Å²) in [5.41, 5.74) is 8.42. The number of nitrogens with one attached hydrogen (secondary N) is 1. The van der Waals surface area contributed by atoms with Crippen molar-refractivity contribution in [2.24, 2.45) is 0 Å². The molecule has 3 N–H and O–H groups in total. The molecule has 3 aromatic rings. The molecule has 0 saturated heterocycles. The third-order valence-electron chi connectivity index (χ3n) is 2.58. The maximum absolute atomic E-state index is 6.10. The van der Waals surface area contributed by atoms with Crippen LogP contribution in [0.4, 0.5) is 17.4 Å². The van der Waals surface area contributed by atoms with Gasteiger partial charge >= 0.3 is 0 Å². The number of anilines is 3. The number of halogens is 2. The van der Waals surface area contributed by atoms with E-state index in [1.54, 1.807) is 18.2 Å². The molecule has 1 aromatic heterocycles. The third-order valence-corrected chi connectivity index (χ3v) is 3.41. The van der Waals surface area contributed by atoms with Gasteiger partial charge in [-0.15, -0.1) is 0 Å². The minimum atomic E-state index is 0.376. The van der Waals surface area contributed by atoms with Crippen LogP contribution >= 0.6 is 27.5 Å². The van der Waals surface area contributed by atoms with Gasteiger partial charge in [-0.25, -0.2) is 0 Å². The highest BCUT2D eigenvalue weighted by Crippen LogP contribution is 2.30. The molecular weight excluding hydrogens is 330 g/mol. The van der Waals surface area contributed by atoms with Crippen molar-refractivity contribution >= 4 is 56.0 Å². The second-order valence-electron chi connectivity index (χ2n) is 4.00. The molecule has 0 amide bonds. The number of rotatable bonds is 2. The summed E-state index contributed by atoms with van der Waals surface area (Å²) in [7, 11) is 0. The number of oxazole rings is 1. The molecule has 0 aliphatic rings. The van der Waals surface area contributed by atoms with E-state index in [2.05, 4.69) is 26.2 Å². The van der Waals surface area contributed by atoms with Crippen molar-refractivity contribution < 1.29 is 4.42 Å². The predicted octanol–water partition coefficient (Wildman–Crippen LogP) is 4.57. The van der Waals surface area contributed by atoms with Crippen LogP contribution in [0, 0.1) is 0 Å². The van der Waals surface area contributed by atoms with E-state index in [-0.39, 0.29) is 0 Å². The molecule has 0 spiro atoms. The van der Waals surface area contributed by atoms with Crippen LogP contribution in [0.15, 0.2) is 45.3 Å². The Bertz CT molecular complexity index is 757. The Morgan fingerprint density at radius 2 is 2.05 bits per heavy atom. The standard InChI is InChI=1S/C13H9BrClN3O/c14-7-1-3-9(15)11(5-7)18-13-17-10-4-2-8(16)6-12(10)19-13/h1-6H,16H2,(H,17,18). The van der Waals surface area contributed by atoms with E-state index < -0.39 is 0 Å². The lowest BCUT2D eigenvalue weighted by molar-refractivity contribution is 0.623. The van der Waals surface area contributed by atoms with Crippen molar-refractivity contribution in [2.45, 2.75) is 0 Å². The molecule has 0 saturated carbocycles. The minimum absolute atomic E-state index is 0.376. The van der Waals surface area contributed by atoms with Crippen LogP contribution in [0.5, 0.6) is 0 Å². The van der Waals surface area contributed by atoms with Crippen molar-refractivity contribution in [3.8, 4) is 0 Å². The molecule has 1 heterocycles. The summed E-state index contributed by atoms with van der Waals surface area (Å²) in [4.78, 5) is 4.31. The monoisotopic (exact) mass is 337 g/mol. The summed E-state index contributed by atoms with van der Waals surface area (Å²) in [5.74, 6) is 0. The topological polar surface area (TPSA) is 64.1 Å². The third kappa shape index (κ3) is 2.52. The largest absolute Gasteiger partial charge is 0.423 e. The summed E-state index contributed by atoms with van der Waals surface area (Å²) in [6.45, 7) is 0. The number of hydrogen-bond acceptors (Lipinski definition) is 4. The first-order chi connectivity index (χ1) is 9.11. The maximum Gasteiger partial charge on any atom is 0.300 e. The van der Waals surface area contributed by atoms with Crippen molar-refractivity contribution in [1.82, 2.24) is 4.98 Å². The van der Waals surface area contributed by atoms with Gasteiger partial charge in [-0.3, -0.25) is 0 Å². The maximum atomic E-state index is 6.10. The predicted molar refractivity (Wildman–Crippen MR) is 80.9 cm³/mol. The van der Waals surface area contributed by atoms with Gasteiger partial charge in [-0.05, 0) is 30.3 Å². The zero-order valence-electron chi connectivity index (χ0n) is 9.65. The Morgan fingerprint density at radius 1 is 1.21 bits per heavy atom. The summed E-state index contributed by atoms with van der Waals surface area (Å²) < 4.78 is 6.49. The Kier molecular flexibility index (Phi) is 3.08. The molecule has 0 radical (unpaired) electrons. The molecule has 19 heavy (non-hydrogen) atoms. The van der Waals surface area contributed by atoms with Gasteiger partial charge in [0, 0.05) is 16.2 Å². The van der Waals surface area contributed by atoms with Crippen molar-refractivity contribution in [3.05, 3.63) is 45.9 Å². The first-order valence-electron chi connectivity index (χ1n) is 5.50. The lowest BCUT2D eigenvalue weighted by Crippen LogP contribution is -1.90. The molecule has 0 unspecified atom stereocenters. The van der Waals surface area contributed by atoms with Crippen LogP contribution in [0.3, 0.4) is 0 Å². The van der Waals surface area contributed by atoms with Crippen molar-refractivity contribution in [2.75, 3.05) is 11.1 Å². The SMILES string of the molecule is Nc1ccc2nc(Nc3cc(Br)ccc3Cl)oc2c1. The summed E-state index contributed by atoms with van der Waals surface area (Å²) in [5, 5.41) is 3.63. The first kappa shape index (κ1) is 12.3. The Balaban J connectivity index is 1.98. The number of aromatic nitrogens is 1. The highest BCUT2D eigenvalue weighted by atomic mass is 79.9. The second kappa shape index (κ2) is 4.75. The molecule has 0 aliphatic heterocycles. The molecule has 4 nitrogen and oxygen atoms in total. The lowest BCUT2D eigenvalue weighted by atomic mass is 10.3. The van der Waals surface area contributed by atoms with E-state index in [1.807, 2.05) is 18.2 Å². The van der Waals surface area contributed by atoms with Gasteiger partial charge in [-0.2, -0.15) is 4.98 Å². The lowest BCUT2D eigenvalue weighted by Gasteiger charge is -2.04. The molecule has 3 rings (SSSR count). The van der Waals surface area contributed by atoms with Crippen LogP contribution in [0.1, 0.15) is 0 Å². The van der Waals surface area contributed by atoms with Crippen LogP contribution < -0.4 is 11.1 Å². The van der Waals surface area contributed by atoms with E-state index in [9.17, 15) is 0 Å². The zero-order valence-corrected chi connectivity index (χ0v) is 12.0. The normalized spacial score (nSPS) is 10.8. The van der Waals surface area contributed by atoms with Crippen LogP contribution in [0.25, 0.3) is 11.1 Å². The Morgan fingerprint density at radius 3 is 2.89 bits per heavy atom. The average molecular weight is 339 g/mol. The number of nitrogens with two attached hydrogens (primary N) is 1. The summed E-state index contributed by atoms with van der Waals surface area (Å²) in [6.07, 6.45) is 0. The number of nitrogens with zero attached hydrogens (tertiary/aromatic N) is 1. The van der Waals surface area contributed by atoms with Gasteiger partial charge in [0.2, 0.25) is 0 Å². The Labute approximate surface area is 122 Å². The minimum Gasteiger partial charge on any atom is -0.423 e. The molecule has 2 aromatic carbocycles.